The molecular weight excluding hydrogens is 330 g/mol. The van der Waals surface area contributed by atoms with E-state index in [0.717, 1.165) is 10.2 Å². The number of anilines is 2. The number of carbonyl (C=O) groups excluding carboxylic acids is 2. The normalized spacial score (nSPS) is 19.0. The van der Waals surface area contributed by atoms with Crippen molar-refractivity contribution in [3.63, 3.8) is 0 Å². The molecule has 1 fully saturated rings. The first-order valence-corrected chi connectivity index (χ1v) is 7.46. The Kier molecular flexibility index (Phi) is 4.15. The third-order valence-corrected chi connectivity index (χ3v) is 4.66. The van der Waals surface area contributed by atoms with Gasteiger partial charge in [0, 0.05) is 29.6 Å². The fourth-order valence-electron chi connectivity index (χ4n) is 2.03. The third-order valence-electron chi connectivity index (χ3n) is 2.87. The van der Waals surface area contributed by atoms with Crippen LogP contribution in [-0.2, 0) is 9.59 Å². The molecule has 1 aromatic heterocycles. The van der Waals surface area contributed by atoms with E-state index in [1.807, 2.05) is 6.92 Å². The summed E-state index contributed by atoms with van der Waals surface area (Å²) in [5, 5.41) is 0.0142. The number of nitrogens with zero attached hydrogens (tertiary/aromatic N) is 2. The Morgan fingerprint density at radius 2 is 2.32 bits per heavy atom. The Hall–Kier alpha value is -1.08. The van der Waals surface area contributed by atoms with Crippen molar-refractivity contribution in [2.45, 2.75) is 25.5 Å². The molecule has 0 aromatic carbocycles. The van der Waals surface area contributed by atoms with Gasteiger partial charge in [0.2, 0.25) is 5.91 Å². The summed E-state index contributed by atoms with van der Waals surface area (Å²) < 4.78 is 0.812. The number of pyridine rings is 1. The highest BCUT2D eigenvalue weighted by Crippen LogP contribution is 2.33. The van der Waals surface area contributed by atoms with E-state index >= 15 is 0 Å². The molecule has 102 valence electrons. The van der Waals surface area contributed by atoms with Crippen LogP contribution in [-0.4, -0.2) is 27.8 Å². The van der Waals surface area contributed by atoms with Gasteiger partial charge in [-0.05, 0) is 28.9 Å². The minimum absolute atomic E-state index is 0.00974. The van der Waals surface area contributed by atoms with Crippen molar-refractivity contribution in [1.29, 1.82) is 0 Å². The summed E-state index contributed by atoms with van der Waals surface area (Å²) in [4.78, 5) is 28.9. The summed E-state index contributed by atoms with van der Waals surface area (Å²) in [5.74, 6) is 0.311. The Bertz CT molecular complexity index is 550. The number of nitrogen functional groups attached to an aromatic ring is 1. The van der Waals surface area contributed by atoms with Gasteiger partial charge in [0.15, 0.2) is 5.12 Å². The molecule has 7 heteroatoms. The zero-order valence-corrected chi connectivity index (χ0v) is 13.0. The van der Waals surface area contributed by atoms with Gasteiger partial charge in [-0.2, -0.15) is 0 Å². The van der Waals surface area contributed by atoms with Gasteiger partial charge in [0.05, 0.1) is 11.4 Å². The van der Waals surface area contributed by atoms with Crippen LogP contribution in [0.1, 0.15) is 19.0 Å². The van der Waals surface area contributed by atoms with Crippen LogP contribution >= 0.6 is 27.7 Å². The molecular formula is C12H14BrN3O2S. The summed E-state index contributed by atoms with van der Waals surface area (Å²) in [6.45, 7) is 3.84. The molecule has 0 aliphatic carbocycles. The van der Waals surface area contributed by atoms with Crippen molar-refractivity contribution in [1.82, 2.24) is 4.98 Å². The van der Waals surface area contributed by atoms with Crippen molar-refractivity contribution in [2.75, 3.05) is 17.2 Å². The maximum absolute atomic E-state index is 12.0. The summed E-state index contributed by atoms with van der Waals surface area (Å²) in [6.07, 6.45) is 0.356. The average molecular weight is 344 g/mol. The topological polar surface area (TPSA) is 76.3 Å². The van der Waals surface area contributed by atoms with E-state index in [4.69, 9.17) is 5.73 Å². The van der Waals surface area contributed by atoms with Gasteiger partial charge in [-0.3, -0.25) is 9.59 Å². The van der Waals surface area contributed by atoms with Crippen LogP contribution in [0.3, 0.4) is 0 Å². The van der Waals surface area contributed by atoms with Gasteiger partial charge in [0.1, 0.15) is 5.82 Å². The zero-order valence-electron chi connectivity index (χ0n) is 10.6. The Morgan fingerprint density at radius 3 is 2.95 bits per heavy atom. The maximum Gasteiger partial charge on any atom is 0.228 e. The zero-order chi connectivity index (χ0) is 14.2. The third kappa shape index (κ3) is 3.09. The number of nitrogens with two attached hydrogens (primary N) is 1. The van der Waals surface area contributed by atoms with Crippen LogP contribution in [0.25, 0.3) is 0 Å². The number of thioether (sulfide) groups is 1. The first-order chi connectivity index (χ1) is 8.88. The largest absolute Gasteiger partial charge is 0.382 e. The quantitative estimate of drug-likeness (QED) is 0.889. The van der Waals surface area contributed by atoms with E-state index in [-0.39, 0.29) is 16.3 Å². The molecule has 1 aliphatic rings. The van der Waals surface area contributed by atoms with Crippen molar-refractivity contribution >= 4 is 50.2 Å². The molecule has 2 rings (SSSR count). The van der Waals surface area contributed by atoms with E-state index in [0.29, 0.717) is 24.5 Å². The fraction of sp³-hybridized carbons (Fsp3) is 0.417. The molecule has 2 N–H and O–H groups in total. The highest BCUT2D eigenvalue weighted by atomic mass is 79.9. The van der Waals surface area contributed by atoms with Gasteiger partial charge >= 0.3 is 0 Å². The summed E-state index contributed by atoms with van der Waals surface area (Å²) in [6, 6.07) is 1.80. The lowest BCUT2D eigenvalue weighted by Gasteiger charge is -2.18. The van der Waals surface area contributed by atoms with Gasteiger partial charge in [-0.15, -0.1) is 0 Å². The summed E-state index contributed by atoms with van der Waals surface area (Å²) >= 11 is 4.59. The van der Waals surface area contributed by atoms with Crippen LogP contribution < -0.4 is 10.6 Å². The molecule has 1 unspecified atom stereocenters. The molecule has 0 saturated carbocycles. The second-order valence-corrected chi connectivity index (χ2v) is 6.73. The van der Waals surface area contributed by atoms with Crippen molar-refractivity contribution in [2.24, 2.45) is 0 Å². The Morgan fingerprint density at radius 1 is 1.63 bits per heavy atom. The van der Waals surface area contributed by atoms with Gasteiger partial charge < -0.3 is 10.6 Å². The smallest absolute Gasteiger partial charge is 0.228 e. The number of aromatic nitrogens is 1. The molecule has 19 heavy (non-hydrogen) atoms. The number of aryl methyl sites for hydroxylation is 1. The lowest BCUT2D eigenvalue weighted by atomic mass is 10.3. The van der Waals surface area contributed by atoms with E-state index in [1.165, 1.54) is 18.7 Å². The van der Waals surface area contributed by atoms with Crippen LogP contribution in [0, 0.1) is 6.92 Å². The van der Waals surface area contributed by atoms with Crippen LogP contribution in [0.4, 0.5) is 11.5 Å². The van der Waals surface area contributed by atoms with Gasteiger partial charge in [-0.25, -0.2) is 4.98 Å². The highest BCUT2D eigenvalue weighted by molar-refractivity contribution is 9.10. The van der Waals surface area contributed by atoms with Crippen LogP contribution in [0.2, 0.25) is 0 Å². The predicted molar refractivity (Wildman–Crippen MR) is 80.1 cm³/mol. The van der Waals surface area contributed by atoms with Gasteiger partial charge in [0.25, 0.3) is 0 Å². The lowest BCUT2D eigenvalue weighted by molar-refractivity contribution is -0.117. The number of carbonyl (C=O) groups is 2. The molecule has 5 nitrogen and oxygen atoms in total. The van der Waals surface area contributed by atoms with E-state index in [2.05, 4.69) is 20.9 Å². The molecule has 0 bridgehead atoms. The molecule has 1 saturated heterocycles. The summed E-state index contributed by atoms with van der Waals surface area (Å²) in [5.41, 5.74) is 7.27. The van der Waals surface area contributed by atoms with Crippen molar-refractivity contribution in [3.8, 4) is 0 Å². The Labute approximate surface area is 124 Å². The molecule has 0 spiro atoms. The number of rotatable bonds is 2. The number of amides is 1. The molecule has 0 radical (unpaired) electrons. The number of halogens is 1. The van der Waals surface area contributed by atoms with Crippen molar-refractivity contribution in [3.05, 3.63) is 16.2 Å². The molecule has 1 atom stereocenters. The standard InChI is InChI=1S/C12H14BrN3O2S/c1-6-9(13)4-10(12(14)15-6)16-5-8(3-11(16)18)19-7(2)17/h4,8H,3,5H2,1-2H3,(H2,14,15). The van der Waals surface area contributed by atoms with Crippen molar-refractivity contribution < 1.29 is 9.59 Å². The van der Waals surface area contributed by atoms with Gasteiger partial charge in [-0.1, -0.05) is 11.8 Å². The van der Waals surface area contributed by atoms with E-state index < -0.39 is 0 Å². The molecule has 2 heterocycles. The monoisotopic (exact) mass is 343 g/mol. The fourth-order valence-corrected chi connectivity index (χ4v) is 3.25. The van der Waals surface area contributed by atoms with E-state index in [9.17, 15) is 9.59 Å². The first-order valence-electron chi connectivity index (χ1n) is 5.78. The minimum atomic E-state index is -0.0250. The molecule has 1 amide bonds. The maximum atomic E-state index is 12.0. The number of hydrogen-bond acceptors (Lipinski definition) is 5. The number of hydrogen-bond donors (Lipinski definition) is 1. The first kappa shape index (κ1) is 14.3. The second-order valence-electron chi connectivity index (χ2n) is 4.40. The predicted octanol–water partition coefficient (Wildman–Crippen LogP) is 2.12. The minimum Gasteiger partial charge on any atom is -0.382 e. The summed E-state index contributed by atoms with van der Waals surface area (Å²) in [7, 11) is 0. The lowest BCUT2D eigenvalue weighted by Crippen LogP contribution is -2.26. The molecule has 1 aromatic rings. The SMILES string of the molecule is CC(=O)SC1CC(=O)N(c2cc(Br)c(C)nc2N)C1. The van der Waals surface area contributed by atoms with Crippen LogP contribution in [0.15, 0.2) is 10.5 Å². The average Bonchev–Trinajstić information content (AvgIpc) is 2.63. The highest BCUT2D eigenvalue weighted by Gasteiger charge is 2.33. The van der Waals surface area contributed by atoms with Crippen LogP contribution in [0.5, 0.6) is 0 Å². The Balaban J connectivity index is 2.25. The molecule has 1 aliphatic heterocycles. The van der Waals surface area contributed by atoms with E-state index in [1.54, 1.807) is 11.0 Å². The second kappa shape index (κ2) is 5.50.